The largest absolute Gasteiger partial charge is 0.349 e. The van der Waals surface area contributed by atoms with Crippen molar-refractivity contribution >= 4 is 5.91 Å². The van der Waals surface area contributed by atoms with E-state index in [4.69, 9.17) is 0 Å². The maximum absolute atomic E-state index is 11.2. The van der Waals surface area contributed by atoms with Crippen LogP contribution >= 0.6 is 0 Å². The summed E-state index contributed by atoms with van der Waals surface area (Å²) >= 11 is 0. The lowest BCUT2D eigenvalue weighted by molar-refractivity contribution is -0.117. The lowest BCUT2D eigenvalue weighted by Gasteiger charge is -2.00. The number of hydrogen-bond acceptors (Lipinski definition) is 1. The van der Waals surface area contributed by atoms with Crippen molar-refractivity contribution in [3.63, 3.8) is 0 Å². The highest BCUT2D eigenvalue weighted by atomic mass is 16.1. The summed E-state index contributed by atoms with van der Waals surface area (Å²) in [6, 6.07) is 0. The third-order valence-corrected chi connectivity index (χ3v) is 1.74. The van der Waals surface area contributed by atoms with E-state index in [2.05, 4.69) is 11.9 Å². The maximum atomic E-state index is 11.2. The van der Waals surface area contributed by atoms with Crippen molar-refractivity contribution in [2.24, 2.45) is 0 Å². The Kier molecular flexibility index (Phi) is 2.90. The molecule has 0 saturated heterocycles. The number of rotatable bonds is 3. The molecule has 1 aliphatic rings. The standard InChI is InChI=1S/C9H13NO/c1-2-7-10-9(11)8-5-3-4-6-8/h2,5H,1,3-4,6-7H2,(H,10,11). The van der Waals surface area contributed by atoms with Crippen LogP contribution in [0.1, 0.15) is 19.3 Å². The van der Waals surface area contributed by atoms with Crippen LogP contribution in [0.3, 0.4) is 0 Å². The van der Waals surface area contributed by atoms with Gasteiger partial charge in [-0.1, -0.05) is 12.2 Å². The van der Waals surface area contributed by atoms with Crippen LogP contribution in [-0.4, -0.2) is 12.5 Å². The quantitative estimate of drug-likeness (QED) is 0.607. The van der Waals surface area contributed by atoms with Crippen LogP contribution in [0.25, 0.3) is 0 Å². The molecule has 11 heavy (non-hydrogen) atoms. The van der Waals surface area contributed by atoms with Gasteiger partial charge in [-0.3, -0.25) is 4.79 Å². The Morgan fingerprint density at radius 3 is 3.18 bits per heavy atom. The molecule has 0 aromatic rings. The van der Waals surface area contributed by atoms with E-state index in [9.17, 15) is 4.79 Å². The van der Waals surface area contributed by atoms with Crippen molar-refractivity contribution in [2.45, 2.75) is 19.3 Å². The molecule has 2 nitrogen and oxygen atoms in total. The van der Waals surface area contributed by atoms with Crippen molar-refractivity contribution in [3.05, 3.63) is 24.3 Å². The number of allylic oxidation sites excluding steroid dienone is 1. The van der Waals surface area contributed by atoms with Gasteiger partial charge in [0, 0.05) is 12.1 Å². The summed E-state index contributed by atoms with van der Waals surface area (Å²) < 4.78 is 0. The van der Waals surface area contributed by atoms with Gasteiger partial charge in [-0.2, -0.15) is 0 Å². The summed E-state index contributed by atoms with van der Waals surface area (Å²) in [5.41, 5.74) is 0.937. The smallest absolute Gasteiger partial charge is 0.247 e. The molecule has 1 aliphatic carbocycles. The Morgan fingerprint density at radius 2 is 2.64 bits per heavy atom. The molecule has 0 heterocycles. The Balaban J connectivity index is 2.34. The van der Waals surface area contributed by atoms with Gasteiger partial charge in [-0.15, -0.1) is 6.58 Å². The van der Waals surface area contributed by atoms with E-state index in [1.165, 1.54) is 0 Å². The molecule has 0 aromatic carbocycles. The van der Waals surface area contributed by atoms with Gasteiger partial charge in [0.1, 0.15) is 0 Å². The highest BCUT2D eigenvalue weighted by Crippen LogP contribution is 2.16. The minimum atomic E-state index is 0.0717. The molecule has 0 bridgehead atoms. The van der Waals surface area contributed by atoms with Crippen molar-refractivity contribution in [2.75, 3.05) is 6.54 Å². The Hall–Kier alpha value is -1.05. The number of nitrogens with one attached hydrogen (secondary N) is 1. The molecule has 0 saturated carbocycles. The van der Waals surface area contributed by atoms with E-state index in [1.807, 2.05) is 6.08 Å². The molecule has 0 atom stereocenters. The molecule has 0 radical (unpaired) electrons. The SMILES string of the molecule is C=CCNC(=O)C1=CCCC1. The van der Waals surface area contributed by atoms with E-state index >= 15 is 0 Å². The summed E-state index contributed by atoms with van der Waals surface area (Å²) in [6.45, 7) is 4.09. The van der Waals surface area contributed by atoms with E-state index < -0.39 is 0 Å². The zero-order chi connectivity index (χ0) is 8.10. The minimum absolute atomic E-state index is 0.0717. The lowest BCUT2D eigenvalue weighted by atomic mass is 10.2. The molecule has 1 N–H and O–H groups in total. The highest BCUT2D eigenvalue weighted by Gasteiger charge is 2.11. The first-order valence-corrected chi connectivity index (χ1v) is 3.92. The normalized spacial score (nSPS) is 15.8. The molecule has 2 heteroatoms. The van der Waals surface area contributed by atoms with Crippen LogP contribution in [0.2, 0.25) is 0 Å². The van der Waals surface area contributed by atoms with Gasteiger partial charge in [-0.05, 0) is 19.3 Å². The molecule has 0 unspecified atom stereocenters. The molecule has 60 valence electrons. The second-order valence-electron chi connectivity index (χ2n) is 2.62. The van der Waals surface area contributed by atoms with Gasteiger partial charge in [0.15, 0.2) is 0 Å². The average Bonchev–Trinajstić information content (AvgIpc) is 2.52. The van der Waals surface area contributed by atoms with E-state index in [0.29, 0.717) is 6.54 Å². The summed E-state index contributed by atoms with van der Waals surface area (Å²) in [7, 11) is 0. The fourth-order valence-electron chi connectivity index (χ4n) is 1.16. The first-order chi connectivity index (χ1) is 5.34. The van der Waals surface area contributed by atoms with Crippen LogP contribution in [0.5, 0.6) is 0 Å². The predicted molar refractivity (Wildman–Crippen MR) is 45.1 cm³/mol. The number of amides is 1. The highest BCUT2D eigenvalue weighted by molar-refractivity contribution is 5.93. The van der Waals surface area contributed by atoms with Crippen molar-refractivity contribution < 1.29 is 4.79 Å². The molecule has 1 amide bonds. The number of carbonyl (C=O) groups excluding carboxylic acids is 1. The summed E-state index contributed by atoms with van der Waals surface area (Å²) in [5.74, 6) is 0.0717. The van der Waals surface area contributed by atoms with Crippen LogP contribution in [0, 0.1) is 0 Å². The topological polar surface area (TPSA) is 29.1 Å². The molecular formula is C9H13NO. The molecule has 0 aromatic heterocycles. The van der Waals surface area contributed by atoms with Gasteiger partial charge < -0.3 is 5.32 Å². The lowest BCUT2D eigenvalue weighted by Crippen LogP contribution is -2.24. The van der Waals surface area contributed by atoms with Crippen molar-refractivity contribution in [1.82, 2.24) is 5.32 Å². The van der Waals surface area contributed by atoms with E-state index in [-0.39, 0.29) is 5.91 Å². The van der Waals surface area contributed by atoms with Gasteiger partial charge >= 0.3 is 0 Å². The Labute approximate surface area is 67.0 Å². The fourth-order valence-corrected chi connectivity index (χ4v) is 1.16. The maximum Gasteiger partial charge on any atom is 0.247 e. The van der Waals surface area contributed by atoms with Crippen LogP contribution < -0.4 is 5.32 Å². The van der Waals surface area contributed by atoms with Crippen molar-refractivity contribution in [3.8, 4) is 0 Å². The Bertz CT molecular complexity index is 194. The average molecular weight is 151 g/mol. The second-order valence-corrected chi connectivity index (χ2v) is 2.62. The van der Waals surface area contributed by atoms with E-state index in [1.54, 1.807) is 6.08 Å². The molecule has 1 rings (SSSR count). The molecule has 0 aliphatic heterocycles. The van der Waals surface area contributed by atoms with Gasteiger partial charge in [0.2, 0.25) is 5.91 Å². The molecule has 0 spiro atoms. The molecular weight excluding hydrogens is 138 g/mol. The van der Waals surface area contributed by atoms with Crippen LogP contribution in [-0.2, 0) is 4.79 Å². The van der Waals surface area contributed by atoms with Gasteiger partial charge in [0.25, 0.3) is 0 Å². The van der Waals surface area contributed by atoms with Gasteiger partial charge in [0.05, 0.1) is 0 Å². The number of hydrogen-bond donors (Lipinski definition) is 1. The van der Waals surface area contributed by atoms with E-state index in [0.717, 1.165) is 24.8 Å². The number of carbonyl (C=O) groups is 1. The summed E-state index contributed by atoms with van der Waals surface area (Å²) in [5, 5.41) is 2.75. The summed E-state index contributed by atoms with van der Waals surface area (Å²) in [6.07, 6.45) is 6.81. The second kappa shape index (κ2) is 3.96. The monoisotopic (exact) mass is 151 g/mol. The fraction of sp³-hybridized carbons (Fsp3) is 0.444. The van der Waals surface area contributed by atoms with Gasteiger partial charge in [-0.25, -0.2) is 0 Å². The first kappa shape index (κ1) is 8.05. The van der Waals surface area contributed by atoms with Crippen molar-refractivity contribution in [1.29, 1.82) is 0 Å². The predicted octanol–water partition coefficient (Wildman–Crippen LogP) is 1.40. The van der Waals surface area contributed by atoms with Crippen LogP contribution in [0.15, 0.2) is 24.3 Å². The summed E-state index contributed by atoms with van der Waals surface area (Å²) in [4.78, 5) is 11.2. The third-order valence-electron chi connectivity index (χ3n) is 1.74. The third kappa shape index (κ3) is 2.22. The Morgan fingerprint density at radius 1 is 1.82 bits per heavy atom. The van der Waals surface area contributed by atoms with Crippen LogP contribution in [0.4, 0.5) is 0 Å². The zero-order valence-electron chi connectivity index (χ0n) is 6.60. The first-order valence-electron chi connectivity index (χ1n) is 3.92. The molecule has 0 fully saturated rings. The zero-order valence-corrected chi connectivity index (χ0v) is 6.60. The minimum Gasteiger partial charge on any atom is -0.349 e.